The van der Waals surface area contributed by atoms with Gasteiger partial charge in [0.1, 0.15) is 0 Å². The Morgan fingerprint density at radius 2 is 2.00 bits per heavy atom. The van der Waals surface area contributed by atoms with Gasteiger partial charge in [0, 0.05) is 16.9 Å². The molecule has 1 N–H and O–H groups in total. The summed E-state index contributed by atoms with van der Waals surface area (Å²) in [5.41, 5.74) is -0.0114. The van der Waals surface area contributed by atoms with Crippen LogP contribution in [-0.2, 0) is 0 Å². The Morgan fingerprint density at radius 3 is 2.61 bits per heavy atom. The number of ether oxygens (including phenoxy) is 1. The third-order valence-electron chi connectivity index (χ3n) is 1.97. The molecule has 0 unspecified atom stereocenters. The van der Waals surface area contributed by atoms with Crippen LogP contribution in [0.2, 0.25) is 5.02 Å². The number of aromatic carboxylic acids is 1. The van der Waals surface area contributed by atoms with E-state index in [4.69, 9.17) is 21.4 Å². The third-order valence-corrected chi connectivity index (χ3v) is 2.78. The Hall–Kier alpha value is -1.66. The van der Waals surface area contributed by atoms with Crippen LogP contribution in [0.3, 0.4) is 0 Å². The number of hydrogen-bond donors (Lipinski definition) is 1. The lowest BCUT2D eigenvalue weighted by Crippen LogP contribution is -2.00. The Balaban J connectivity index is 2.23. The average Bonchev–Trinajstić information content (AvgIpc) is 2.34. The van der Waals surface area contributed by atoms with Gasteiger partial charge in [-0.1, -0.05) is 27.5 Å². The van der Waals surface area contributed by atoms with Gasteiger partial charge in [0.25, 0.3) is 0 Å². The second-order valence-electron chi connectivity index (χ2n) is 3.24. The molecule has 0 saturated carbocycles. The topological polar surface area (TPSA) is 72.3 Å². The minimum Gasteiger partial charge on any atom is -0.478 e. The molecule has 0 atom stereocenters. The second-order valence-corrected chi connectivity index (χ2v) is 4.56. The number of halogens is 2. The highest BCUT2D eigenvalue weighted by molar-refractivity contribution is 9.10. The number of carboxylic acids is 1. The van der Waals surface area contributed by atoms with Crippen molar-refractivity contribution in [3.8, 4) is 11.8 Å². The third kappa shape index (κ3) is 2.96. The van der Waals surface area contributed by atoms with Gasteiger partial charge in [-0.05, 0) is 18.2 Å². The van der Waals surface area contributed by atoms with Gasteiger partial charge in [0.15, 0.2) is 5.75 Å². The minimum absolute atomic E-state index is 0.0114. The van der Waals surface area contributed by atoms with Crippen molar-refractivity contribution in [2.24, 2.45) is 0 Å². The Bertz CT molecular complexity index is 589. The van der Waals surface area contributed by atoms with Crippen molar-refractivity contribution in [1.29, 1.82) is 0 Å². The van der Waals surface area contributed by atoms with Crippen molar-refractivity contribution in [3.05, 3.63) is 45.7 Å². The van der Waals surface area contributed by atoms with Crippen molar-refractivity contribution >= 4 is 33.5 Å². The van der Waals surface area contributed by atoms with Crippen molar-refractivity contribution in [2.45, 2.75) is 0 Å². The molecule has 2 aromatic rings. The maximum atomic E-state index is 10.6. The smallest absolute Gasteiger partial charge is 0.338 e. The molecule has 92 valence electrons. The molecule has 5 nitrogen and oxygen atoms in total. The fourth-order valence-corrected chi connectivity index (χ4v) is 1.63. The first-order valence-electron chi connectivity index (χ1n) is 4.74. The summed E-state index contributed by atoms with van der Waals surface area (Å²) in [5, 5.41) is 9.10. The van der Waals surface area contributed by atoms with Crippen LogP contribution >= 0.6 is 27.5 Å². The van der Waals surface area contributed by atoms with Gasteiger partial charge < -0.3 is 9.84 Å². The molecule has 0 aliphatic rings. The summed E-state index contributed by atoms with van der Waals surface area (Å²) in [7, 11) is 0. The van der Waals surface area contributed by atoms with E-state index in [2.05, 4.69) is 25.9 Å². The van der Waals surface area contributed by atoms with E-state index in [1.54, 1.807) is 18.2 Å². The minimum atomic E-state index is -1.10. The molecule has 0 amide bonds. The number of nitrogens with zero attached hydrogens (tertiary/aromatic N) is 2. The largest absolute Gasteiger partial charge is 0.478 e. The summed E-state index contributed by atoms with van der Waals surface area (Å²) in [4.78, 5) is 18.2. The van der Waals surface area contributed by atoms with Crippen LogP contribution in [0.4, 0.5) is 0 Å². The lowest BCUT2D eigenvalue weighted by Gasteiger charge is -2.05. The first-order valence-corrected chi connectivity index (χ1v) is 5.91. The van der Waals surface area contributed by atoms with Gasteiger partial charge in [-0.15, -0.1) is 0 Å². The summed E-state index contributed by atoms with van der Waals surface area (Å²) in [6, 6.07) is 5.12. The van der Waals surface area contributed by atoms with Crippen LogP contribution in [0.25, 0.3) is 0 Å². The van der Waals surface area contributed by atoms with Gasteiger partial charge >= 0.3 is 12.0 Å². The van der Waals surface area contributed by atoms with E-state index in [1.165, 1.54) is 0 Å². The van der Waals surface area contributed by atoms with Gasteiger partial charge in [-0.3, -0.25) is 0 Å². The molecule has 0 radical (unpaired) electrons. The zero-order valence-electron chi connectivity index (χ0n) is 8.80. The van der Waals surface area contributed by atoms with Gasteiger partial charge in [-0.25, -0.2) is 14.8 Å². The van der Waals surface area contributed by atoms with E-state index < -0.39 is 5.97 Å². The molecule has 0 saturated heterocycles. The van der Waals surface area contributed by atoms with Gasteiger partial charge in [-0.2, -0.15) is 0 Å². The maximum absolute atomic E-state index is 10.6. The number of carbonyl (C=O) groups is 1. The lowest BCUT2D eigenvalue weighted by atomic mass is 10.3. The van der Waals surface area contributed by atoms with E-state index in [-0.39, 0.29) is 11.6 Å². The zero-order valence-corrected chi connectivity index (χ0v) is 11.1. The SMILES string of the molecule is O=C(O)c1cnc(Oc2cc(Br)ccc2Cl)nc1. The lowest BCUT2D eigenvalue weighted by molar-refractivity contribution is 0.0696. The highest BCUT2D eigenvalue weighted by Gasteiger charge is 2.08. The molecular weight excluding hydrogens is 323 g/mol. The van der Waals surface area contributed by atoms with Crippen molar-refractivity contribution in [3.63, 3.8) is 0 Å². The highest BCUT2D eigenvalue weighted by Crippen LogP contribution is 2.30. The fourth-order valence-electron chi connectivity index (χ4n) is 1.13. The van der Waals surface area contributed by atoms with E-state index in [1.807, 2.05) is 0 Å². The molecule has 18 heavy (non-hydrogen) atoms. The first kappa shape index (κ1) is 12.8. The highest BCUT2D eigenvalue weighted by atomic mass is 79.9. The summed E-state index contributed by atoms with van der Waals surface area (Å²) < 4.78 is 6.14. The number of aromatic nitrogens is 2. The molecule has 7 heteroatoms. The molecule has 0 fully saturated rings. The predicted octanol–water partition coefficient (Wildman–Crippen LogP) is 3.38. The van der Waals surface area contributed by atoms with Gasteiger partial charge in [0.05, 0.1) is 10.6 Å². The molecule has 1 heterocycles. The zero-order chi connectivity index (χ0) is 13.1. The molecule has 0 bridgehead atoms. The normalized spacial score (nSPS) is 10.1. The van der Waals surface area contributed by atoms with Crippen LogP contribution in [0.1, 0.15) is 10.4 Å². The van der Waals surface area contributed by atoms with E-state index >= 15 is 0 Å². The van der Waals surface area contributed by atoms with E-state index in [9.17, 15) is 4.79 Å². The summed E-state index contributed by atoms with van der Waals surface area (Å²) in [5.74, 6) is -0.712. The quantitative estimate of drug-likeness (QED) is 0.934. The van der Waals surface area contributed by atoms with Crippen molar-refractivity contribution in [1.82, 2.24) is 9.97 Å². The number of hydrogen-bond acceptors (Lipinski definition) is 4. The Morgan fingerprint density at radius 1 is 1.33 bits per heavy atom. The standard InChI is InChI=1S/C11H6BrClN2O3/c12-7-1-2-8(13)9(3-7)18-11-14-4-6(5-15-11)10(16)17/h1-5H,(H,16,17). The number of carboxylic acid groups (broad SMARTS) is 1. The second kappa shape index (κ2) is 5.32. The molecule has 1 aromatic heterocycles. The van der Waals surface area contributed by atoms with E-state index in [0.29, 0.717) is 10.8 Å². The molecule has 0 aliphatic heterocycles. The maximum Gasteiger partial charge on any atom is 0.338 e. The van der Waals surface area contributed by atoms with E-state index in [0.717, 1.165) is 16.9 Å². The van der Waals surface area contributed by atoms with Crippen LogP contribution in [-0.4, -0.2) is 21.0 Å². The Kier molecular flexibility index (Phi) is 3.78. The summed E-state index contributed by atoms with van der Waals surface area (Å²) in [6.07, 6.45) is 2.33. The van der Waals surface area contributed by atoms with Crippen LogP contribution in [0, 0.1) is 0 Å². The van der Waals surface area contributed by atoms with Gasteiger partial charge in [0.2, 0.25) is 0 Å². The van der Waals surface area contributed by atoms with Crippen LogP contribution in [0.15, 0.2) is 35.1 Å². The van der Waals surface area contributed by atoms with Crippen LogP contribution < -0.4 is 4.74 Å². The Labute approximate surface area is 116 Å². The summed E-state index contributed by atoms with van der Waals surface area (Å²) in [6.45, 7) is 0. The molecule has 1 aromatic carbocycles. The van der Waals surface area contributed by atoms with Crippen molar-refractivity contribution < 1.29 is 14.6 Å². The first-order chi connectivity index (χ1) is 8.56. The molecule has 0 aliphatic carbocycles. The molecular formula is C11H6BrClN2O3. The molecule has 2 rings (SSSR count). The van der Waals surface area contributed by atoms with Crippen molar-refractivity contribution in [2.75, 3.05) is 0 Å². The monoisotopic (exact) mass is 328 g/mol. The number of benzene rings is 1. The molecule has 0 spiro atoms. The average molecular weight is 330 g/mol. The fraction of sp³-hybridized carbons (Fsp3) is 0. The summed E-state index contributed by atoms with van der Waals surface area (Å²) >= 11 is 9.22. The van der Waals surface area contributed by atoms with Crippen LogP contribution in [0.5, 0.6) is 11.8 Å². The predicted molar refractivity (Wildman–Crippen MR) is 68.2 cm³/mol. The number of rotatable bonds is 3.